The highest BCUT2D eigenvalue weighted by molar-refractivity contribution is 5.45. The highest BCUT2D eigenvalue weighted by Gasteiger charge is 2.10. The zero-order valence-electron chi connectivity index (χ0n) is 12.1. The Balaban J connectivity index is 2.25. The molecule has 2 N–H and O–H groups in total. The van der Waals surface area contributed by atoms with Crippen molar-refractivity contribution in [3.63, 3.8) is 0 Å². The van der Waals surface area contributed by atoms with Crippen LogP contribution in [0.4, 0.5) is 4.39 Å². The fraction of sp³-hybridized carbons (Fsp3) is 0.294. The third kappa shape index (κ3) is 4.20. The van der Waals surface area contributed by atoms with Gasteiger partial charge in [-0.15, -0.1) is 0 Å². The molecule has 0 atom stereocenters. The van der Waals surface area contributed by atoms with Crippen molar-refractivity contribution in [1.82, 2.24) is 0 Å². The van der Waals surface area contributed by atoms with Crippen LogP contribution in [0.1, 0.15) is 18.9 Å². The Hall–Kier alpha value is -2.07. The molecule has 0 heterocycles. The number of nitrogens with two attached hydrogens (primary N) is 1. The molecule has 0 aromatic heterocycles. The van der Waals surface area contributed by atoms with Crippen LogP contribution in [0.25, 0.3) is 0 Å². The molecule has 0 aliphatic carbocycles. The number of halogens is 1. The topological polar surface area (TPSA) is 44.5 Å². The van der Waals surface area contributed by atoms with Gasteiger partial charge in [0.15, 0.2) is 11.5 Å². The number of benzene rings is 2. The summed E-state index contributed by atoms with van der Waals surface area (Å²) < 4.78 is 24.9. The Morgan fingerprint density at radius 3 is 2.52 bits per heavy atom. The fourth-order valence-electron chi connectivity index (χ4n) is 1.98. The first-order chi connectivity index (χ1) is 10.2. The number of hydrogen-bond acceptors (Lipinski definition) is 3. The monoisotopic (exact) mass is 289 g/mol. The minimum Gasteiger partial charge on any atom is -0.490 e. The van der Waals surface area contributed by atoms with Crippen molar-refractivity contribution >= 4 is 0 Å². The van der Waals surface area contributed by atoms with E-state index in [-0.39, 0.29) is 5.82 Å². The molecule has 0 unspecified atom stereocenters. The predicted molar refractivity (Wildman–Crippen MR) is 81.5 cm³/mol. The van der Waals surface area contributed by atoms with Gasteiger partial charge in [-0.2, -0.15) is 0 Å². The van der Waals surface area contributed by atoms with Gasteiger partial charge in [-0.05, 0) is 55.3 Å². The number of rotatable bonds is 7. The van der Waals surface area contributed by atoms with E-state index in [1.54, 1.807) is 6.07 Å². The minimum atomic E-state index is -0.290. The van der Waals surface area contributed by atoms with E-state index in [1.807, 2.05) is 31.2 Å². The predicted octanol–water partition coefficient (Wildman–Crippen LogP) is 3.91. The summed E-state index contributed by atoms with van der Waals surface area (Å²) in [5.41, 5.74) is 6.32. The Bertz CT molecular complexity index is 587. The van der Waals surface area contributed by atoms with Gasteiger partial charge in [-0.3, -0.25) is 0 Å². The van der Waals surface area contributed by atoms with Crippen LogP contribution in [0.2, 0.25) is 0 Å². The van der Waals surface area contributed by atoms with E-state index in [1.165, 1.54) is 12.1 Å². The molecule has 112 valence electrons. The standard InChI is InChI=1S/C17H20FNO2/c1-2-11-20-16-5-3-4-6-17(16)21-15-8-7-14(18)12-13(15)9-10-19/h3-8,12H,2,9-11,19H2,1H3. The lowest BCUT2D eigenvalue weighted by Gasteiger charge is -2.14. The maximum atomic E-state index is 13.3. The number of para-hydroxylation sites is 2. The molecule has 2 rings (SSSR count). The minimum absolute atomic E-state index is 0.290. The van der Waals surface area contributed by atoms with Crippen molar-refractivity contribution in [2.45, 2.75) is 19.8 Å². The van der Waals surface area contributed by atoms with Crippen molar-refractivity contribution in [3.8, 4) is 17.2 Å². The van der Waals surface area contributed by atoms with Crippen molar-refractivity contribution in [2.24, 2.45) is 5.73 Å². The molecular weight excluding hydrogens is 269 g/mol. The van der Waals surface area contributed by atoms with Crippen LogP contribution in [-0.4, -0.2) is 13.2 Å². The highest BCUT2D eigenvalue weighted by Crippen LogP contribution is 2.33. The van der Waals surface area contributed by atoms with Gasteiger partial charge in [-0.25, -0.2) is 4.39 Å². The second-order valence-electron chi connectivity index (χ2n) is 4.69. The van der Waals surface area contributed by atoms with Crippen LogP contribution in [0, 0.1) is 5.82 Å². The lowest BCUT2D eigenvalue weighted by atomic mass is 10.1. The van der Waals surface area contributed by atoms with Crippen molar-refractivity contribution in [1.29, 1.82) is 0 Å². The van der Waals surface area contributed by atoms with Crippen molar-refractivity contribution in [3.05, 3.63) is 53.8 Å². The highest BCUT2D eigenvalue weighted by atomic mass is 19.1. The number of hydrogen-bond donors (Lipinski definition) is 1. The van der Waals surface area contributed by atoms with E-state index in [9.17, 15) is 4.39 Å². The molecular formula is C17H20FNO2. The summed E-state index contributed by atoms with van der Waals surface area (Å²) in [5.74, 6) is 1.62. The average molecular weight is 289 g/mol. The van der Waals surface area contributed by atoms with Crippen LogP contribution in [0.3, 0.4) is 0 Å². The maximum Gasteiger partial charge on any atom is 0.169 e. The molecule has 0 amide bonds. The molecule has 0 spiro atoms. The average Bonchev–Trinajstić information content (AvgIpc) is 2.49. The van der Waals surface area contributed by atoms with Crippen LogP contribution < -0.4 is 15.2 Å². The molecule has 0 aliphatic heterocycles. The Morgan fingerprint density at radius 1 is 1.05 bits per heavy atom. The molecule has 0 saturated carbocycles. The van der Waals surface area contributed by atoms with Gasteiger partial charge < -0.3 is 15.2 Å². The van der Waals surface area contributed by atoms with E-state index in [2.05, 4.69) is 0 Å². The SMILES string of the molecule is CCCOc1ccccc1Oc1ccc(F)cc1CCN. The van der Waals surface area contributed by atoms with E-state index >= 15 is 0 Å². The zero-order chi connectivity index (χ0) is 15.1. The van der Waals surface area contributed by atoms with Crippen molar-refractivity contribution < 1.29 is 13.9 Å². The normalized spacial score (nSPS) is 10.4. The largest absolute Gasteiger partial charge is 0.490 e. The van der Waals surface area contributed by atoms with Crippen LogP contribution >= 0.6 is 0 Å². The van der Waals surface area contributed by atoms with Crippen LogP contribution in [-0.2, 0) is 6.42 Å². The molecule has 4 heteroatoms. The lowest BCUT2D eigenvalue weighted by Crippen LogP contribution is -2.05. The maximum absolute atomic E-state index is 13.3. The van der Waals surface area contributed by atoms with Gasteiger partial charge in [0.05, 0.1) is 6.61 Å². The first-order valence-corrected chi connectivity index (χ1v) is 7.12. The second-order valence-corrected chi connectivity index (χ2v) is 4.69. The fourth-order valence-corrected chi connectivity index (χ4v) is 1.98. The molecule has 21 heavy (non-hydrogen) atoms. The molecule has 0 radical (unpaired) electrons. The Kier molecular flexibility index (Phi) is 5.58. The summed E-state index contributed by atoms with van der Waals surface area (Å²) in [5, 5.41) is 0. The van der Waals surface area contributed by atoms with Crippen molar-refractivity contribution in [2.75, 3.05) is 13.2 Å². The van der Waals surface area contributed by atoms with E-state index in [4.69, 9.17) is 15.2 Å². The molecule has 0 fully saturated rings. The summed E-state index contributed by atoms with van der Waals surface area (Å²) in [7, 11) is 0. The van der Waals surface area contributed by atoms with Gasteiger partial charge in [-0.1, -0.05) is 19.1 Å². The van der Waals surface area contributed by atoms with Crippen LogP contribution in [0.15, 0.2) is 42.5 Å². The lowest BCUT2D eigenvalue weighted by molar-refractivity contribution is 0.302. The van der Waals surface area contributed by atoms with Gasteiger partial charge in [0.25, 0.3) is 0 Å². The first kappa shape index (κ1) is 15.3. The molecule has 0 saturated heterocycles. The summed E-state index contributed by atoms with van der Waals surface area (Å²) in [6.07, 6.45) is 1.48. The van der Waals surface area contributed by atoms with Gasteiger partial charge in [0.2, 0.25) is 0 Å². The van der Waals surface area contributed by atoms with E-state index in [0.29, 0.717) is 36.8 Å². The van der Waals surface area contributed by atoms with E-state index in [0.717, 1.165) is 12.0 Å². The Labute approximate surface area is 124 Å². The molecule has 0 bridgehead atoms. The summed E-state index contributed by atoms with van der Waals surface area (Å²) in [4.78, 5) is 0. The molecule has 2 aromatic rings. The smallest absolute Gasteiger partial charge is 0.169 e. The summed E-state index contributed by atoms with van der Waals surface area (Å²) in [6.45, 7) is 3.11. The first-order valence-electron chi connectivity index (χ1n) is 7.12. The van der Waals surface area contributed by atoms with Gasteiger partial charge >= 0.3 is 0 Å². The van der Waals surface area contributed by atoms with E-state index < -0.39 is 0 Å². The Morgan fingerprint density at radius 2 is 1.81 bits per heavy atom. The third-order valence-corrected chi connectivity index (χ3v) is 2.97. The van der Waals surface area contributed by atoms with Crippen LogP contribution in [0.5, 0.6) is 17.2 Å². The third-order valence-electron chi connectivity index (χ3n) is 2.97. The zero-order valence-corrected chi connectivity index (χ0v) is 12.1. The van der Waals surface area contributed by atoms with Gasteiger partial charge in [0, 0.05) is 0 Å². The molecule has 3 nitrogen and oxygen atoms in total. The molecule has 0 aliphatic rings. The quantitative estimate of drug-likeness (QED) is 0.840. The molecule has 2 aromatic carbocycles. The second kappa shape index (κ2) is 7.64. The van der Waals surface area contributed by atoms with Gasteiger partial charge in [0.1, 0.15) is 11.6 Å². The summed E-state index contributed by atoms with van der Waals surface area (Å²) in [6, 6.07) is 11.9. The summed E-state index contributed by atoms with van der Waals surface area (Å²) >= 11 is 0. The number of ether oxygens (including phenoxy) is 2.